The number of ether oxygens (including phenoxy) is 3. The first kappa shape index (κ1) is 26.2. The molecule has 2 aliphatic rings. The number of hydrogen-bond donors (Lipinski definition) is 2. The zero-order chi connectivity index (χ0) is 22.9. The van der Waals surface area contributed by atoms with Crippen molar-refractivity contribution < 1.29 is 38.0 Å². The molecule has 2 N–H and O–H groups in total. The molecule has 0 aromatic carbocycles. The fourth-order valence-corrected chi connectivity index (χ4v) is 4.68. The second kappa shape index (κ2) is 12.2. The van der Waals surface area contributed by atoms with E-state index in [9.17, 15) is 23.8 Å². The van der Waals surface area contributed by atoms with Gasteiger partial charge in [0.25, 0.3) is 0 Å². The molecule has 1 aliphatic carbocycles. The maximum atomic E-state index is 14.9. The van der Waals surface area contributed by atoms with Crippen molar-refractivity contribution in [2.24, 2.45) is 11.8 Å². The first-order valence-corrected chi connectivity index (χ1v) is 11.5. The van der Waals surface area contributed by atoms with E-state index in [2.05, 4.69) is 4.74 Å². The van der Waals surface area contributed by atoms with E-state index in [1.54, 1.807) is 0 Å². The summed E-state index contributed by atoms with van der Waals surface area (Å²) in [6.07, 6.45) is 6.00. The predicted molar refractivity (Wildman–Crippen MR) is 112 cm³/mol. The highest BCUT2D eigenvalue weighted by Gasteiger charge is 2.58. The van der Waals surface area contributed by atoms with Crippen LogP contribution in [0.15, 0.2) is 12.2 Å². The van der Waals surface area contributed by atoms with Gasteiger partial charge in [0.1, 0.15) is 0 Å². The standard InChI is InChI=1S/C23H38F2O6/c1-3-4-12-22(24,25)23(30-14-15-31-23)13-11-18-17(19(26)16-20(18)27)9-7-5-6-8-10-21(28)29-2/h5,7,17-20,26-27H,3-4,6,8-16H2,1-2H3/t17?,18-,19+,20-/m1/s1. The number of unbranched alkanes of at least 4 members (excludes halogenated alkanes) is 2. The Hall–Kier alpha value is -1.09. The average Bonchev–Trinajstić information content (AvgIpc) is 3.33. The van der Waals surface area contributed by atoms with Gasteiger partial charge in [0, 0.05) is 19.3 Å². The van der Waals surface area contributed by atoms with Crippen LogP contribution in [0.4, 0.5) is 8.78 Å². The van der Waals surface area contributed by atoms with Gasteiger partial charge < -0.3 is 24.4 Å². The number of esters is 1. The van der Waals surface area contributed by atoms with Crippen LogP contribution >= 0.6 is 0 Å². The molecule has 180 valence electrons. The number of aliphatic hydroxyl groups is 2. The highest BCUT2D eigenvalue weighted by Crippen LogP contribution is 2.46. The second-order valence-corrected chi connectivity index (χ2v) is 8.67. The summed E-state index contributed by atoms with van der Waals surface area (Å²) in [6, 6.07) is 0. The highest BCUT2D eigenvalue weighted by atomic mass is 19.3. The smallest absolute Gasteiger partial charge is 0.305 e. The molecule has 1 saturated carbocycles. The van der Waals surface area contributed by atoms with Gasteiger partial charge in [0.2, 0.25) is 5.79 Å². The van der Waals surface area contributed by atoms with Crippen molar-refractivity contribution in [2.45, 2.75) is 95.0 Å². The summed E-state index contributed by atoms with van der Waals surface area (Å²) in [5.41, 5.74) is 0. The van der Waals surface area contributed by atoms with Crippen molar-refractivity contribution >= 4 is 5.97 Å². The van der Waals surface area contributed by atoms with Crippen LogP contribution in [0.2, 0.25) is 0 Å². The number of rotatable bonds is 13. The quantitative estimate of drug-likeness (QED) is 0.252. The van der Waals surface area contributed by atoms with Gasteiger partial charge in [-0.1, -0.05) is 25.5 Å². The van der Waals surface area contributed by atoms with E-state index < -0.39 is 23.9 Å². The lowest BCUT2D eigenvalue weighted by molar-refractivity contribution is -0.297. The minimum absolute atomic E-state index is 0.0164. The zero-order valence-corrected chi connectivity index (χ0v) is 18.7. The Kier molecular flexibility index (Phi) is 10.3. The number of carbonyl (C=O) groups excluding carboxylic acids is 1. The molecule has 0 aromatic rings. The Balaban J connectivity index is 1.93. The fourth-order valence-electron chi connectivity index (χ4n) is 4.68. The number of hydrogen-bond acceptors (Lipinski definition) is 6. The van der Waals surface area contributed by atoms with Crippen molar-refractivity contribution in [3.8, 4) is 0 Å². The summed E-state index contributed by atoms with van der Waals surface area (Å²) < 4.78 is 45.3. The van der Waals surface area contributed by atoms with Gasteiger partial charge in [0.15, 0.2) is 0 Å². The Labute approximate surface area is 183 Å². The molecule has 1 saturated heterocycles. The summed E-state index contributed by atoms with van der Waals surface area (Å²) >= 11 is 0. The number of carbonyl (C=O) groups is 1. The van der Waals surface area contributed by atoms with Crippen LogP contribution in [-0.4, -0.2) is 60.4 Å². The summed E-state index contributed by atoms with van der Waals surface area (Å²) in [7, 11) is 1.36. The van der Waals surface area contributed by atoms with Crippen LogP contribution < -0.4 is 0 Å². The van der Waals surface area contributed by atoms with Gasteiger partial charge in [0.05, 0.1) is 32.5 Å². The SMILES string of the molecule is CCCCC(F)(F)C1(CC[C@@H]2C(CC=CCCCC(=O)OC)[C@@H](O)C[C@H]2O)OCCO1. The minimum Gasteiger partial charge on any atom is -0.469 e. The molecule has 0 aromatic heterocycles. The molecular formula is C23H38F2O6. The molecule has 2 rings (SSSR count). The van der Waals surface area contributed by atoms with Gasteiger partial charge in [-0.15, -0.1) is 0 Å². The van der Waals surface area contributed by atoms with Crippen LogP contribution in [0, 0.1) is 11.8 Å². The lowest BCUT2D eigenvalue weighted by Gasteiger charge is -2.36. The third-order valence-electron chi connectivity index (χ3n) is 6.54. The van der Waals surface area contributed by atoms with Crippen LogP contribution in [0.3, 0.4) is 0 Å². The minimum atomic E-state index is -3.10. The van der Waals surface area contributed by atoms with Crippen LogP contribution in [0.1, 0.15) is 71.1 Å². The van der Waals surface area contributed by atoms with Crippen molar-refractivity contribution in [3.63, 3.8) is 0 Å². The number of allylic oxidation sites excluding steroid dienone is 2. The first-order valence-electron chi connectivity index (χ1n) is 11.5. The van der Waals surface area contributed by atoms with E-state index in [1.165, 1.54) is 7.11 Å². The molecule has 2 fully saturated rings. The molecule has 1 unspecified atom stereocenters. The molecule has 1 aliphatic heterocycles. The lowest BCUT2D eigenvalue weighted by atomic mass is 9.84. The van der Waals surface area contributed by atoms with Gasteiger partial charge in [-0.05, 0) is 50.4 Å². The van der Waals surface area contributed by atoms with Gasteiger partial charge in [-0.2, -0.15) is 0 Å². The number of aliphatic hydroxyl groups excluding tert-OH is 2. The summed E-state index contributed by atoms with van der Waals surface area (Å²) in [4.78, 5) is 11.1. The molecule has 8 heteroatoms. The third-order valence-corrected chi connectivity index (χ3v) is 6.54. The lowest BCUT2D eigenvalue weighted by Crippen LogP contribution is -2.49. The van der Waals surface area contributed by atoms with Crippen LogP contribution in [-0.2, 0) is 19.0 Å². The van der Waals surface area contributed by atoms with E-state index in [0.717, 1.165) is 0 Å². The Morgan fingerprint density at radius 1 is 1.16 bits per heavy atom. The molecule has 1 heterocycles. The summed E-state index contributed by atoms with van der Waals surface area (Å²) in [6.45, 7) is 2.13. The third kappa shape index (κ3) is 6.94. The Morgan fingerprint density at radius 2 is 1.84 bits per heavy atom. The van der Waals surface area contributed by atoms with E-state index >= 15 is 0 Å². The number of halogens is 2. The molecule has 0 bridgehead atoms. The van der Waals surface area contributed by atoms with Crippen molar-refractivity contribution in [2.75, 3.05) is 20.3 Å². The van der Waals surface area contributed by atoms with E-state index in [0.29, 0.717) is 44.9 Å². The molecular weight excluding hydrogens is 410 g/mol. The van der Waals surface area contributed by atoms with E-state index in [4.69, 9.17) is 9.47 Å². The van der Waals surface area contributed by atoms with E-state index in [-0.39, 0.29) is 50.3 Å². The van der Waals surface area contributed by atoms with Crippen molar-refractivity contribution in [1.29, 1.82) is 0 Å². The predicted octanol–water partition coefficient (Wildman–Crippen LogP) is 3.98. The molecule has 4 atom stereocenters. The first-order chi connectivity index (χ1) is 14.8. The van der Waals surface area contributed by atoms with Crippen molar-refractivity contribution in [1.82, 2.24) is 0 Å². The van der Waals surface area contributed by atoms with Gasteiger partial charge >= 0.3 is 11.9 Å². The summed E-state index contributed by atoms with van der Waals surface area (Å²) in [5.74, 6) is -5.81. The summed E-state index contributed by atoms with van der Waals surface area (Å²) in [5, 5.41) is 20.9. The highest BCUT2D eigenvalue weighted by molar-refractivity contribution is 5.69. The largest absolute Gasteiger partial charge is 0.469 e. The van der Waals surface area contributed by atoms with Crippen LogP contribution in [0.25, 0.3) is 0 Å². The molecule has 0 amide bonds. The zero-order valence-electron chi connectivity index (χ0n) is 18.7. The monoisotopic (exact) mass is 448 g/mol. The van der Waals surface area contributed by atoms with Crippen LogP contribution in [0.5, 0.6) is 0 Å². The topological polar surface area (TPSA) is 85.2 Å². The average molecular weight is 449 g/mol. The van der Waals surface area contributed by atoms with E-state index in [1.807, 2.05) is 19.1 Å². The Bertz CT molecular complexity index is 576. The van der Waals surface area contributed by atoms with Crippen molar-refractivity contribution in [3.05, 3.63) is 12.2 Å². The second-order valence-electron chi connectivity index (χ2n) is 8.67. The Morgan fingerprint density at radius 3 is 2.48 bits per heavy atom. The van der Waals surface area contributed by atoms with Gasteiger partial charge in [-0.25, -0.2) is 8.78 Å². The fraction of sp³-hybridized carbons (Fsp3) is 0.870. The maximum absolute atomic E-state index is 14.9. The molecule has 31 heavy (non-hydrogen) atoms. The number of alkyl halides is 2. The normalized spacial score (nSPS) is 28.5. The maximum Gasteiger partial charge on any atom is 0.305 e. The molecule has 0 radical (unpaired) electrons. The molecule has 0 spiro atoms. The molecule has 6 nitrogen and oxygen atoms in total. The van der Waals surface area contributed by atoms with Gasteiger partial charge in [-0.3, -0.25) is 4.79 Å². The number of methoxy groups -OCH3 is 1.